The van der Waals surface area contributed by atoms with E-state index in [0.29, 0.717) is 0 Å². The van der Waals surface area contributed by atoms with Crippen molar-refractivity contribution >= 4 is 16.9 Å². The maximum absolute atomic E-state index is 5.61. The molecule has 0 saturated carbocycles. The van der Waals surface area contributed by atoms with Gasteiger partial charge in [-0.2, -0.15) is 0 Å². The van der Waals surface area contributed by atoms with E-state index in [9.17, 15) is 0 Å². The topological polar surface area (TPSA) is 60.8 Å². The van der Waals surface area contributed by atoms with Crippen molar-refractivity contribution in [2.45, 2.75) is 39.0 Å². The molecule has 1 aliphatic carbocycles. The molecule has 5 nitrogen and oxygen atoms in total. The van der Waals surface area contributed by atoms with Gasteiger partial charge in [-0.3, -0.25) is 9.97 Å². The summed E-state index contributed by atoms with van der Waals surface area (Å²) in [6.07, 6.45) is 14.8. The van der Waals surface area contributed by atoms with E-state index in [0.717, 1.165) is 77.8 Å². The van der Waals surface area contributed by atoms with Gasteiger partial charge in [0.2, 0.25) is 0 Å². The molecule has 0 fully saturated rings. The number of hydrogen-bond acceptors (Lipinski definition) is 6. The Morgan fingerprint density at radius 2 is 2.11 bits per heavy atom. The zero-order chi connectivity index (χ0) is 19.2. The first-order valence-corrected chi connectivity index (χ1v) is 10.7. The second kappa shape index (κ2) is 9.17. The summed E-state index contributed by atoms with van der Waals surface area (Å²) in [6.45, 7) is 3.73. The van der Waals surface area contributed by atoms with Crippen molar-refractivity contribution in [1.29, 1.82) is 0 Å². The van der Waals surface area contributed by atoms with Gasteiger partial charge in [-0.05, 0) is 49.8 Å². The summed E-state index contributed by atoms with van der Waals surface area (Å²) >= 11 is 1.62. The van der Waals surface area contributed by atoms with Crippen LogP contribution in [0.3, 0.4) is 0 Å². The van der Waals surface area contributed by atoms with Crippen molar-refractivity contribution in [3.05, 3.63) is 54.4 Å². The van der Waals surface area contributed by atoms with E-state index in [2.05, 4.69) is 23.0 Å². The van der Waals surface area contributed by atoms with Gasteiger partial charge in [-0.1, -0.05) is 13.0 Å². The molecule has 4 rings (SSSR count). The van der Waals surface area contributed by atoms with E-state index >= 15 is 0 Å². The summed E-state index contributed by atoms with van der Waals surface area (Å²) in [4.78, 5) is 19.5. The minimum atomic E-state index is 0.767. The predicted molar refractivity (Wildman–Crippen MR) is 113 cm³/mol. The van der Waals surface area contributed by atoms with Crippen LogP contribution < -0.4 is 0 Å². The van der Waals surface area contributed by atoms with E-state index in [-0.39, 0.29) is 0 Å². The molecule has 1 aliphatic rings. The van der Waals surface area contributed by atoms with Crippen molar-refractivity contribution in [1.82, 2.24) is 19.9 Å². The zero-order valence-corrected chi connectivity index (χ0v) is 16.9. The molecular formula is C22H24N4OS. The Kier molecular flexibility index (Phi) is 6.19. The monoisotopic (exact) mass is 392 g/mol. The van der Waals surface area contributed by atoms with Crippen LogP contribution in [0.1, 0.15) is 44.0 Å². The lowest BCUT2D eigenvalue weighted by atomic mass is 9.94. The quantitative estimate of drug-likeness (QED) is 0.517. The molecule has 3 heterocycles. The first-order chi connectivity index (χ1) is 13.8. The van der Waals surface area contributed by atoms with Crippen LogP contribution in [0.2, 0.25) is 0 Å². The summed E-state index contributed by atoms with van der Waals surface area (Å²) in [5, 5.41) is 0.950. The van der Waals surface area contributed by atoms with Gasteiger partial charge in [-0.15, -0.1) is 11.3 Å². The number of fused-ring (bicyclic) bond motifs is 1. The smallest absolute Gasteiger partial charge is 0.125 e. The summed E-state index contributed by atoms with van der Waals surface area (Å²) < 4.78 is 5.61. The van der Waals surface area contributed by atoms with E-state index < -0.39 is 0 Å². The molecule has 0 radical (unpaired) electrons. The highest BCUT2D eigenvalue weighted by atomic mass is 32.1. The van der Waals surface area contributed by atoms with Crippen LogP contribution in [0.25, 0.3) is 26.7 Å². The fourth-order valence-electron chi connectivity index (χ4n) is 3.31. The van der Waals surface area contributed by atoms with E-state index in [4.69, 9.17) is 14.7 Å². The normalized spacial score (nSPS) is 15.0. The molecule has 0 spiro atoms. The van der Waals surface area contributed by atoms with Gasteiger partial charge < -0.3 is 4.74 Å². The Balaban J connectivity index is 1.57. The van der Waals surface area contributed by atoms with E-state index in [1.165, 1.54) is 5.57 Å². The van der Waals surface area contributed by atoms with Crippen LogP contribution in [0.15, 0.2) is 43.0 Å². The molecule has 0 atom stereocenters. The maximum Gasteiger partial charge on any atom is 0.125 e. The minimum absolute atomic E-state index is 0.767. The summed E-state index contributed by atoms with van der Waals surface area (Å²) in [5.74, 6) is 0. The third-order valence-electron chi connectivity index (χ3n) is 4.68. The van der Waals surface area contributed by atoms with Crippen LogP contribution in [0.5, 0.6) is 0 Å². The minimum Gasteiger partial charge on any atom is -0.381 e. The molecule has 6 heteroatoms. The molecule has 0 saturated heterocycles. The molecule has 28 heavy (non-hydrogen) atoms. The predicted octanol–water partition coefficient (Wildman–Crippen LogP) is 5.20. The molecule has 0 N–H and O–H groups in total. The van der Waals surface area contributed by atoms with Crippen LogP contribution in [0, 0.1) is 0 Å². The second-order valence-corrected chi connectivity index (χ2v) is 7.84. The van der Waals surface area contributed by atoms with Crippen molar-refractivity contribution in [3.8, 4) is 21.1 Å². The lowest BCUT2D eigenvalue weighted by Gasteiger charge is -2.17. The van der Waals surface area contributed by atoms with Gasteiger partial charge in [0.25, 0.3) is 0 Å². The van der Waals surface area contributed by atoms with Crippen LogP contribution in [-0.2, 0) is 11.2 Å². The Bertz CT molecular complexity index is 952. The fraction of sp³-hybridized carbons (Fsp3) is 0.364. The highest BCUT2D eigenvalue weighted by Crippen LogP contribution is 2.34. The average Bonchev–Trinajstić information content (AvgIpc) is 3.24. The molecule has 0 unspecified atom stereocenters. The Hall–Kier alpha value is -2.44. The number of rotatable bonds is 7. The SMILES string of the molecule is CCCOCC/C=C1\CCCc2ncc(-c3cnc(-c4cccnc4)s3)nc21. The van der Waals surface area contributed by atoms with E-state index in [1.807, 2.05) is 30.7 Å². The van der Waals surface area contributed by atoms with Crippen molar-refractivity contribution in [2.24, 2.45) is 0 Å². The number of pyridine rings is 1. The highest BCUT2D eigenvalue weighted by Gasteiger charge is 2.18. The summed E-state index contributed by atoms with van der Waals surface area (Å²) in [5.41, 5.74) is 5.37. The van der Waals surface area contributed by atoms with Gasteiger partial charge in [0.05, 0.1) is 29.1 Å². The number of allylic oxidation sites excluding steroid dienone is 1. The Labute approximate surface area is 169 Å². The number of hydrogen-bond donors (Lipinski definition) is 0. The second-order valence-electron chi connectivity index (χ2n) is 6.81. The first kappa shape index (κ1) is 18.9. The van der Waals surface area contributed by atoms with Crippen molar-refractivity contribution < 1.29 is 4.74 Å². The largest absolute Gasteiger partial charge is 0.381 e. The number of ether oxygens (including phenoxy) is 1. The standard InChI is InChI=1S/C22H24N4OS/c1-2-11-27-12-5-8-16-6-3-9-18-21(16)26-19(14-24-18)20-15-25-22(28-20)17-7-4-10-23-13-17/h4,7-8,10,13-15H,2-3,5-6,9,11-12H2,1H3/b16-8+. The van der Waals surface area contributed by atoms with Gasteiger partial charge in [0, 0.05) is 30.8 Å². The molecule has 0 bridgehead atoms. The van der Waals surface area contributed by atoms with Crippen LogP contribution >= 0.6 is 11.3 Å². The van der Waals surface area contributed by atoms with Gasteiger partial charge in [0.1, 0.15) is 10.7 Å². The molecule has 3 aromatic rings. The highest BCUT2D eigenvalue weighted by molar-refractivity contribution is 7.18. The number of aromatic nitrogens is 4. The van der Waals surface area contributed by atoms with Crippen molar-refractivity contribution in [2.75, 3.05) is 13.2 Å². The van der Waals surface area contributed by atoms with Gasteiger partial charge in [0.15, 0.2) is 0 Å². The molecular weight excluding hydrogens is 368 g/mol. The van der Waals surface area contributed by atoms with Crippen LogP contribution in [0.4, 0.5) is 0 Å². The Morgan fingerprint density at radius 3 is 2.96 bits per heavy atom. The van der Waals surface area contributed by atoms with Gasteiger partial charge in [-0.25, -0.2) is 9.97 Å². The fourth-order valence-corrected chi connectivity index (χ4v) is 4.18. The van der Waals surface area contributed by atoms with Crippen molar-refractivity contribution in [3.63, 3.8) is 0 Å². The molecule has 0 amide bonds. The number of nitrogens with zero attached hydrogens (tertiary/aromatic N) is 4. The third-order valence-corrected chi connectivity index (χ3v) is 5.75. The third kappa shape index (κ3) is 4.34. The average molecular weight is 393 g/mol. The van der Waals surface area contributed by atoms with Crippen LogP contribution in [-0.4, -0.2) is 33.1 Å². The first-order valence-electron chi connectivity index (χ1n) is 9.85. The lowest BCUT2D eigenvalue weighted by Crippen LogP contribution is -2.08. The molecule has 0 aliphatic heterocycles. The number of aryl methyl sites for hydroxylation is 1. The molecule has 144 valence electrons. The maximum atomic E-state index is 5.61. The zero-order valence-electron chi connectivity index (χ0n) is 16.1. The summed E-state index contributed by atoms with van der Waals surface area (Å²) in [7, 11) is 0. The lowest BCUT2D eigenvalue weighted by molar-refractivity contribution is 0.139. The number of thiazole rings is 1. The molecule has 3 aromatic heterocycles. The Morgan fingerprint density at radius 1 is 1.14 bits per heavy atom. The van der Waals surface area contributed by atoms with Gasteiger partial charge >= 0.3 is 0 Å². The van der Waals surface area contributed by atoms with E-state index in [1.54, 1.807) is 17.5 Å². The summed E-state index contributed by atoms with van der Waals surface area (Å²) in [6, 6.07) is 3.95. The molecule has 0 aromatic carbocycles.